The van der Waals surface area contributed by atoms with Crippen LogP contribution in [0.2, 0.25) is 0 Å². The van der Waals surface area contributed by atoms with Gasteiger partial charge >= 0.3 is 9.28 Å². The van der Waals surface area contributed by atoms with Crippen LogP contribution in [0.4, 0.5) is 0 Å². The second-order valence-electron chi connectivity index (χ2n) is 3.37. The largest absolute Gasteiger partial charge is 0.397 e. The number of hydrogen-bond acceptors (Lipinski definition) is 2. The van der Waals surface area contributed by atoms with E-state index in [-0.39, 0.29) is 0 Å². The van der Waals surface area contributed by atoms with Crippen LogP contribution in [0.1, 0.15) is 0 Å². The molecule has 2 aromatic carbocycles. The van der Waals surface area contributed by atoms with Crippen LogP contribution in [-0.4, -0.2) is 23.5 Å². The van der Waals surface area contributed by atoms with E-state index >= 15 is 0 Å². The Labute approximate surface area is 91.3 Å². The third kappa shape index (κ3) is 1.95. The zero-order valence-electron chi connectivity index (χ0n) is 8.94. The quantitative estimate of drug-likeness (QED) is 0.728. The zero-order chi connectivity index (χ0) is 10.7. The lowest BCUT2D eigenvalue weighted by atomic mass is 10.1. The Bertz CT molecular complexity index is 447. The summed E-state index contributed by atoms with van der Waals surface area (Å²) in [5, 5.41) is 3.68. The molecule has 2 aromatic rings. The highest BCUT2D eigenvalue weighted by Crippen LogP contribution is 2.11. The maximum atomic E-state index is 5.41. The molecule has 78 valence electrons. The average Bonchev–Trinajstić information content (AvgIpc) is 2.31. The average molecular weight is 218 g/mol. The summed E-state index contributed by atoms with van der Waals surface area (Å²) in [6, 6.07) is 14.6. The van der Waals surface area contributed by atoms with Gasteiger partial charge in [-0.15, -0.1) is 0 Å². The van der Waals surface area contributed by atoms with Gasteiger partial charge in [0.2, 0.25) is 0 Å². The highest BCUT2D eigenvalue weighted by Gasteiger charge is 2.15. The van der Waals surface area contributed by atoms with Crippen molar-refractivity contribution in [1.29, 1.82) is 0 Å². The maximum absolute atomic E-state index is 5.41. The summed E-state index contributed by atoms with van der Waals surface area (Å²) in [5.74, 6) is 0. The molecule has 0 unspecified atom stereocenters. The van der Waals surface area contributed by atoms with Crippen LogP contribution in [0.15, 0.2) is 42.5 Å². The van der Waals surface area contributed by atoms with Gasteiger partial charge in [-0.1, -0.05) is 42.5 Å². The summed E-state index contributed by atoms with van der Waals surface area (Å²) in [5.41, 5.74) is 0. The van der Waals surface area contributed by atoms with Gasteiger partial charge in [-0.25, -0.2) is 0 Å². The standard InChI is InChI=1S/C12H14O2Si/c1-13-15(14-2)12-9-5-7-10-6-3-4-8-11(10)12/h3-9,15H,1-2H3. The molecule has 0 fully saturated rings. The fourth-order valence-electron chi connectivity index (χ4n) is 1.81. The van der Waals surface area contributed by atoms with E-state index in [0.717, 1.165) is 0 Å². The van der Waals surface area contributed by atoms with E-state index in [1.54, 1.807) is 14.2 Å². The summed E-state index contributed by atoms with van der Waals surface area (Å²) in [4.78, 5) is 0. The van der Waals surface area contributed by atoms with E-state index in [1.807, 2.05) is 12.1 Å². The van der Waals surface area contributed by atoms with Crippen molar-refractivity contribution >= 4 is 25.2 Å². The fraction of sp³-hybridized carbons (Fsp3) is 0.167. The lowest BCUT2D eigenvalue weighted by molar-refractivity contribution is 0.292. The van der Waals surface area contributed by atoms with Crippen LogP contribution in [0.5, 0.6) is 0 Å². The van der Waals surface area contributed by atoms with Crippen LogP contribution >= 0.6 is 0 Å². The zero-order valence-corrected chi connectivity index (χ0v) is 10.1. The first-order chi connectivity index (χ1) is 7.36. The van der Waals surface area contributed by atoms with Gasteiger partial charge in [-0.2, -0.15) is 0 Å². The van der Waals surface area contributed by atoms with E-state index in [4.69, 9.17) is 8.85 Å². The van der Waals surface area contributed by atoms with Crippen LogP contribution in [0.3, 0.4) is 0 Å². The van der Waals surface area contributed by atoms with Gasteiger partial charge in [0.15, 0.2) is 0 Å². The Balaban J connectivity index is 2.59. The van der Waals surface area contributed by atoms with Gasteiger partial charge in [0.1, 0.15) is 0 Å². The minimum atomic E-state index is -1.70. The second-order valence-corrected chi connectivity index (χ2v) is 5.60. The van der Waals surface area contributed by atoms with E-state index in [2.05, 4.69) is 30.3 Å². The maximum Gasteiger partial charge on any atom is 0.355 e. The smallest absolute Gasteiger partial charge is 0.355 e. The van der Waals surface area contributed by atoms with Crippen molar-refractivity contribution in [3.05, 3.63) is 42.5 Å². The summed E-state index contributed by atoms with van der Waals surface area (Å²) in [6.07, 6.45) is 0. The fourth-order valence-corrected chi connectivity index (χ4v) is 3.29. The molecule has 15 heavy (non-hydrogen) atoms. The molecule has 0 bridgehead atoms. The van der Waals surface area contributed by atoms with Gasteiger partial charge in [0.05, 0.1) is 0 Å². The first-order valence-corrected chi connectivity index (χ1v) is 6.42. The Morgan fingerprint density at radius 2 is 1.53 bits per heavy atom. The van der Waals surface area contributed by atoms with Gasteiger partial charge in [-0.3, -0.25) is 0 Å². The SMILES string of the molecule is CO[SiH](OC)c1cccc2ccccc12. The summed E-state index contributed by atoms with van der Waals surface area (Å²) in [6.45, 7) is 0. The van der Waals surface area contributed by atoms with Crippen LogP contribution in [0, 0.1) is 0 Å². The summed E-state index contributed by atoms with van der Waals surface area (Å²) < 4.78 is 10.8. The molecule has 0 saturated heterocycles. The Hall–Kier alpha value is -1.16. The molecule has 0 N–H and O–H groups in total. The van der Waals surface area contributed by atoms with E-state index in [1.165, 1.54) is 16.0 Å². The van der Waals surface area contributed by atoms with Crippen molar-refractivity contribution in [2.75, 3.05) is 14.2 Å². The van der Waals surface area contributed by atoms with Gasteiger partial charge in [-0.05, 0) is 16.0 Å². The summed E-state index contributed by atoms with van der Waals surface area (Å²) in [7, 11) is 1.72. The van der Waals surface area contributed by atoms with Gasteiger partial charge < -0.3 is 8.85 Å². The molecule has 0 heterocycles. The first-order valence-electron chi connectivity index (χ1n) is 4.90. The minimum Gasteiger partial charge on any atom is -0.397 e. The van der Waals surface area contributed by atoms with Crippen molar-refractivity contribution in [2.45, 2.75) is 0 Å². The highest BCUT2D eigenvalue weighted by molar-refractivity contribution is 6.64. The lowest BCUT2D eigenvalue weighted by Gasteiger charge is -2.13. The minimum absolute atomic E-state index is 1.21. The molecule has 2 nitrogen and oxygen atoms in total. The molecule has 0 aliphatic heterocycles. The predicted molar refractivity (Wildman–Crippen MR) is 64.7 cm³/mol. The molecule has 0 radical (unpaired) electrons. The van der Waals surface area contributed by atoms with E-state index < -0.39 is 9.28 Å². The number of benzene rings is 2. The molecule has 0 amide bonds. The molecule has 0 atom stereocenters. The monoisotopic (exact) mass is 218 g/mol. The molecule has 3 heteroatoms. The highest BCUT2D eigenvalue weighted by atomic mass is 28.3. The molecule has 0 aliphatic carbocycles. The third-order valence-corrected chi connectivity index (χ3v) is 4.37. The van der Waals surface area contributed by atoms with Crippen LogP contribution in [0.25, 0.3) is 10.8 Å². The van der Waals surface area contributed by atoms with Crippen molar-refractivity contribution in [3.63, 3.8) is 0 Å². The van der Waals surface area contributed by atoms with Crippen molar-refractivity contribution < 1.29 is 8.85 Å². The van der Waals surface area contributed by atoms with E-state index in [9.17, 15) is 0 Å². The Morgan fingerprint density at radius 1 is 0.867 bits per heavy atom. The van der Waals surface area contributed by atoms with Crippen molar-refractivity contribution in [3.8, 4) is 0 Å². The molecule has 0 aliphatic rings. The van der Waals surface area contributed by atoms with Gasteiger partial charge in [0, 0.05) is 14.2 Å². The van der Waals surface area contributed by atoms with E-state index in [0.29, 0.717) is 0 Å². The molecule has 0 aromatic heterocycles. The van der Waals surface area contributed by atoms with Crippen LogP contribution < -0.4 is 5.19 Å². The lowest BCUT2D eigenvalue weighted by Crippen LogP contribution is -2.35. The normalized spacial score (nSPS) is 11.1. The van der Waals surface area contributed by atoms with Gasteiger partial charge in [0.25, 0.3) is 0 Å². The molecule has 2 rings (SSSR count). The third-order valence-electron chi connectivity index (χ3n) is 2.51. The predicted octanol–water partition coefficient (Wildman–Crippen LogP) is 1.56. The van der Waals surface area contributed by atoms with Crippen molar-refractivity contribution in [1.82, 2.24) is 0 Å². The molecule has 0 spiro atoms. The number of fused-ring (bicyclic) bond motifs is 1. The summed E-state index contributed by atoms with van der Waals surface area (Å²) >= 11 is 0. The number of rotatable bonds is 3. The molecule has 0 saturated carbocycles. The number of hydrogen-bond donors (Lipinski definition) is 0. The Morgan fingerprint density at radius 3 is 2.27 bits per heavy atom. The Kier molecular flexibility index (Phi) is 3.16. The molecular formula is C12H14O2Si. The van der Waals surface area contributed by atoms with Crippen LogP contribution in [-0.2, 0) is 8.85 Å². The van der Waals surface area contributed by atoms with Crippen molar-refractivity contribution in [2.24, 2.45) is 0 Å². The molecular weight excluding hydrogens is 204 g/mol. The topological polar surface area (TPSA) is 18.5 Å². The first kappa shape index (κ1) is 10.4. The second kappa shape index (κ2) is 4.57.